The maximum atomic E-state index is 12.4. The summed E-state index contributed by atoms with van der Waals surface area (Å²) in [6.07, 6.45) is 5.76. The number of hydrogen-bond acceptors (Lipinski definition) is 5. The van der Waals surface area contributed by atoms with Crippen LogP contribution in [-0.2, 0) is 26.9 Å². The second-order valence-electron chi connectivity index (χ2n) is 6.70. The first kappa shape index (κ1) is 21.8. The fourth-order valence-corrected chi connectivity index (χ4v) is 5.52. The number of thiazole rings is 1. The van der Waals surface area contributed by atoms with Gasteiger partial charge in [-0.1, -0.05) is 47.6 Å². The number of sulfone groups is 1. The second kappa shape index (κ2) is 9.74. The molecule has 0 atom stereocenters. The van der Waals surface area contributed by atoms with Gasteiger partial charge in [0, 0.05) is 6.42 Å². The first-order chi connectivity index (χ1) is 14.4. The molecule has 0 bridgehead atoms. The molecule has 6 nitrogen and oxygen atoms in total. The standard InChI is InChI=1S/C22H22N2O4S2/c1-3-13-24-19-12-11-18(28-2)15-20(19)29-22(24)23-21(25)10-7-14-30(26,27)16-17-8-5-4-6-9-17/h1,4-6,8-9,11-12,15H,7,10,13-14,16H2,2H3. The highest BCUT2D eigenvalue weighted by Crippen LogP contribution is 2.23. The van der Waals surface area contributed by atoms with Crippen LogP contribution in [0.1, 0.15) is 18.4 Å². The van der Waals surface area contributed by atoms with Gasteiger partial charge in [-0.05, 0) is 30.2 Å². The maximum absolute atomic E-state index is 12.4. The summed E-state index contributed by atoms with van der Waals surface area (Å²) in [4.78, 5) is 17.0. The number of amides is 1. The number of methoxy groups -OCH3 is 1. The Morgan fingerprint density at radius 1 is 1.23 bits per heavy atom. The summed E-state index contributed by atoms with van der Waals surface area (Å²) in [5.74, 6) is 2.83. The van der Waals surface area contributed by atoms with Crippen molar-refractivity contribution in [2.45, 2.75) is 25.1 Å². The van der Waals surface area contributed by atoms with Crippen LogP contribution < -0.4 is 9.54 Å². The summed E-state index contributed by atoms with van der Waals surface area (Å²) in [6, 6.07) is 14.6. The predicted octanol–water partition coefficient (Wildman–Crippen LogP) is 3.17. The second-order valence-corrected chi connectivity index (χ2v) is 9.89. The van der Waals surface area contributed by atoms with Crippen molar-refractivity contribution >= 4 is 37.3 Å². The molecule has 0 N–H and O–H groups in total. The molecule has 0 fully saturated rings. The molecule has 0 spiro atoms. The Labute approximate surface area is 179 Å². The number of benzene rings is 2. The topological polar surface area (TPSA) is 77.7 Å². The summed E-state index contributed by atoms with van der Waals surface area (Å²) in [5, 5.41) is 0. The van der Waals surface area contributed by atoms with E-state index in [4.69, 9.17) is 11.2 Å². The van der Waals surface area contributed by atoms with Gasteiger partial charge in [-0.25, -0.2) is 8.42 Å². The number of nitrogens with zero attached hydrogens (tertiary/aromatic N) is 2. The lowest BCUT2D eigenvalue weighted by molar-refractivity contribution is -0.118. The molecule has 0 saturated carbocycles. The first-order valence-electron chi connectivity index (χ1n) is 9.34. The third-order valence-electron chi connectivity index (χ3n) is 4.44. The first-order valence-corrected chi connectivity index (χ1v) is 12.0. The highest BCUT2D eigenvalue weighted by atomic mass is 32.2. The molecular weight excluding hydrogens is 420 g/mol. The predicted molar refractivity (Wildman–Crippen MR) is 119 cm³/mol. The van der Waals surface area contributed by atoms with Crippen molar-refractivity contribution in [1.82, 2.24) is 4.57 Å². The summed E-state index contributed by atoms with van der Waals surface area (Å²) in [6.45, 7) is 0.282. The van der Waals surface area contributed by atoms with E-state index in [1.54, 1.807) is 35.9 Å². The molecule has 3 rings (SSSR count). The lowest BCUT2D eigenvalue weighted by Gasteiger charge is -2.03. The summed E-state index contributed by atoms with van der Waals surface area (Å²) in [7, 11) is -1.70. The van der Waals surface area contributed by atoms with Gasteiger partial charge in [0.15, 0.2) is 14.6 Å². The normalized spacial score (nSPS) is 12.1. The van der Waals surface area contributed by atoms with Gasteiger partial charge in [-0.2, -0.15) is 4.99 Å². The van der Waals surface area contributed by atoms with Gasteiger partial charge >= 0.3 is 0 Å². The Hall–Kier alpha value is -2.89. The van der Waals surface area contributed by atoms with Crippen molar-refractivity contribution in [2.75, 3.05) is 12.9 Å². The zero-order valence-corrected chi connectivity index (χ0v) is 18.2. The molecule has 1 amide bonds. The van der Waals surface area contributed by atoms with E-state index < -0.39 is 9.84 Å². The van der Waals surface area contributed by atoms with E-state index in [1.165, 1.54) is 11.3 Å². The van der Waals surface area contributed by atoms with Gasteiger partial charge < -0.3 is 9.30 Å². The average molecular weight is 443 g/mol. The van der Waals surface area contributed by atoms with Crippen molar-refractivity contribution in [2.24, 2.45) is 4.99 Å². The third kappa shape index (κ3) is 5.59. The van der Waals surface area contributed by atoms with Crippen LogP contribution in [0.4, 0.5) is 0 Å². The quantitative estimate of drug-likeness (QED) is 0.502. The molecule has 0 aliphatic carbocycles. The van der Waals surface area contributed by atoms with Gasteiger partial charge in [0.05, 0.1) is 35.4 Å². The van der Waals surface area contributed by atoms with Crippen molar-refractivity contribution < 1.29 is 17.9 Å². The van der Waals surface area contributed by atoms with Gasteiger partial charge in [-0.15, -0.1) is 6.42 Å². The van der Waals surface area contributed by atoms with Crippen molar-refractivity contribution in [3.05, 3.63) is 58.9 Å². The van der Waals surface area contributed by atoms with Crippen LogP contribution in [0.3, 0.4) is 0 Å². The summed E-state index contributed by atoms with van der Waals surface area (Å²) in [5.41, 5.74) is 1.61. The molecule has 3 aromatic rings. The van der Waals surface area contributed by atoms with Crippen molar-refractivity contribution in [3.8, 4) is 18.1 Å². The average Bonchev–Trinajstić information content (AvgIpc) is 3.04. The monoisotopic (exact) mass is 442 g/mol. The SMILES string of the molecule is C#CCn1c(=NC(=O)CCCS(=O)(=O)Cc2ccccc2)sc2cc(OC)ccc21. The fraction of sp³-hybridized carbons (Fsp3) is 0.273. The molecule has 0 aliphatic rings. The zero-order valence-electron chi connectivity index (χ0n) is 16.6. The Morgan fingerprint density at radius 2 is 2.00 bits per heavy atom. The van der Waals surface area contributed by atoms with Gasteiger partial charge in [0.25, 0.3) is 0 Å². The molecule has 1 aromatic heterocycles. The summed E-state index contributed by atoms with van der Waals surface area (Å²) >= 11 is 1.34. The molecule has 0 radical (unpaired) electrons. The molecular formula is C22H22N2O4S2. The van der Waals surface area contributed by atoms with Crippen LogP contribution in [0.2, 0.25) is 0 Å². The Balaban J connectivity index is 1.71. The molecule has 0 aliphatic heterocycles. The molecule has 1 heterocycles. The summed E-state index contributed by atoms with van der Waals surface area (Å²) < 4.78 is 32.5. The smallest absolute Gasteiger partial charge is 0.248 e. The van der Waals surface area contributed by atoms with Crippen LogP contribution >= 0.6 is 11.3 Å². The molecule has 0 unspecified atom stereocenters. The van der Waals surface area contributed by atoms with Gasteiger partial charge in [-0.3, -0.25) is 4.79 Å². The van der Waals surface area contributed by atoms with E-state index in [2.05, 4.69) is 10.9 Å². The highest BCUT2D eigenvalue weighted by molar-refractivity contribution is 7.90. The van der Waals surface area contributed by atoms with Gasteiger partial charge in [0.2, 0.25) is 5.91 Å². The van der Waals surface area contributed by atoms with Crippen LogP contribution in [0, 0.1) is 12.3 Å². The Bertz CT molecular complexity index is 1250. The number of fused-ring (bicyclic) bond motifs is 1. The maximum Gasteiger partial charge on any atom is 0.248 e. The number of carbonyl (C=O) groups excluding carboxylic acids is 1. The molecule has 156 valence electrons. The lowest BCUT2D eigenvalue weighted by atomic mass is 10.2. The van der Waals surface area contributed by atoms with Gasteiger partial charge in [0.1, 0.15) is 5.75 Å². The molecule has 30 heavy (non-hydrogen) atoms. The third-order valence-corrected chi connectivity index (χ3v) is 7.16. The number of rotatable bonds is 8. The lowest BCUT2D eigenvalue weighted by Crippen LogP contribution is -2.17. The van der Waals surface area contributed by atoms with Crippen LogP contribution in [0.25, 0.3) is 10.2 Å². The minimum absolute atomic E-state index is 0.0283. The fourth-order valence-electron chi connectivity index (χ4n) is 3.02. The van der Waals surface area contributed by atoms with Crippen LogP contribution in [0.15, 0.2) is 53.5 Å². The van der Waals surface area contributed by atoms with Crippen molar-refractivity contribution in [3.63, 3.8) is 0 Å². The number of ether oxygens (including phenoxy) is 1. The largest absolute Gasteiger partial charge is 0.497 e. The zero-order chi connectivity index (χ0) is 21.6. The minimum atomic E-state index is -3.29. The van der Waals surface area contributed by atoms with E-state index in [0.29, 0.717) is 10.6 Å². The number of terminal acetylenes is 1. The minimum Gasteiger partial charge on any atom is -0.497 e. The van der Waals surface area contributed by atoms with E-state index in [0.717, 1.165) is 15.8 Å². The van der Waals surface area contributed by atoms with E-state index in [9.17, 15) is 13.2 Å². The number of aromatic nitrogens is 1. The Morgan fingerprint density at radius 3 is 2.70 bits per heavy atom. The van der Waals surface area contributed by atoms with E-state index in [1.807, 2.05) is 24.3 Å². The van der Waals surface area contributed by atoms with Crippen molar-refractivity contribution in [1.29, 1.82) is 0 Å². The Kier molecular flexibility index (Phi) is 7.08. The van der Waals surface area contributed by atoms with E-state index >= 15 is 0 Å². The highest BCUT2D eigenvalue weighted by Gasteiger charge is 2.13. The molecule has 8 heteroatoms. The van der Waals surface area contributed by atoms with Crippen LogP contribution in [0.5, 0.6) is 5.75 Å². The number of carbonyl (C=O) groups is 1. The molecule has 2 aromatic carbocycles. The van der Waals surface area contributed by atoms with Crippen LogP contribution in [-0.4, -0.2) is 31.8 Å². The van der Waals surface area contributed by atoms with E-state index in [-0.39, 0.29) is 36.8 Å². The number of hydrogen-bond donors (Lipinski definition) is 0. The molecule has 0 saturated heterocycles.